The molecule has 0 amide bonds. The van der Waals surface area contributed by atoms with Crippen LogP contribution in [0.2, 0.25) is 0 Å². The van der Waals surface area contributed by atoms with Crippen molar-refractivity contribution in [1.82, 2.24) is 0 Å². The molecule has 2 rings (SSSR count). The lowest BCUT2D eigenvalue weighted by atomic mass is 9.96. The van der Waals surface area contributed by atoms with Gasteiger partial charge in [-0.1, -0.05) is 0 Å². The van der Waals surface area contributed by atoms with E-state index in [0.717, 1.165) is 32.3 Å². The first kappa shape index (κ1) is 11.1. The highest BCUT2D eigenvalue weighted by Gasteiger charge is 2.28. The normalized spacial score (nSPS) is 35.9. The second-order valence-corrected chi connectivity index (χ2v) is 4.72. The maximum Gasteiger partial charge on any atom is 0.138 e. The Balaban J connectivity index is 1.67. The third-order valence-electron chi connectivity index (χ3n) is 3.39. The zero-order valence-electron chi connectivity index (χ0n) is 9.41. The van der Waals surface area contributed by atoms with E-state index in [1.54, 1.807) is 0 Å². The first-order valence-electron chi connectivity index (χ1n) is 6.01. The predicted octanol–water partition coefficient (Wildman–Crippen LogP) is 1.94. The summed E-state index contributed by atoms with van der Waals surface area (Å²) in [5.41, 5.74) is 0. The van der Waals surface area contributed by atoms with Crippen molar-refractivity contribution >= 4 is 5.78 Å². The van der Waals surface area contributed by atoms with Gasteiger partial charge in [0.1, 0.15) is 5.78 Å². The lowest BCUT2D eigenvalue weighted by molar-refractivity contribution is -0.123. The van der Waals surface area contributed by atoms with Gasteiger partial charge in [-0.05, 0) is 32.6 Å². The molecule has 0 aromatic heterocycles. The summed E-state index contributed by atoms with van der Waals surface area (Å²) in [5, 5.41) is 0. The van der Waals surface area contributed by atoms with Gasteiger partial charge in [0.25, 0.3) is 0 Å². The molecule has 2 fully saturated rings. The van der Waals surface area contributed by atoms with Gasteiger partial charge >= 0.3 is 0 Å². The highest BCUT2D eigenvalue weighted by molar-refractivity contribution is 5.81. The van der Waals surface area contributed by atoms with E-state index in [9.17, 15) is 4.79 Å². The summed E-state index contributed by atoms with van der Waals surface area (Å²) < 4.78 is 10.9. The van der Waals surface area contributed by atoms with Crippen molar-refractivity contribution in [3.05, 3.63) is 0 Å². The van der Waals surface area contributed by atoms with Crippen LogP contribution in [0.1, 0.15) is 39.0 Å². The van der Waals surface area contributed by atoms with Crippen LogP contribution in [-0.4, -0.2) is 31.2 Å². The molecular formula is C12H20O3. The Labute approximate surface area is 91.1 Å². The average Bonchev–Trinajstić information content (AvgIpc) is 2.84. The molecule has 0 bridgehead atoms. The van der Waals surface area contributed by atoms with E-state index in [2.05, 4.69) is 0 Å². The molecule has 0 radical (unpaired) electrons. The lowest BCUT2D eigenvalue weighted by Crippen LogP contribution is -2.17. The molecule has 15 heavy (non-hydrogen) atoms. The van der Waals surface area contributed by atoms with Gasteiger partial charge in [0, 0.05) is 18.9 Å². The van der Waals surface area contributed by atoms with Gasteiger partial charge in [-0.3, -0.25) is 4.79 Å². The molecule has 0 spiro atoms. The third kappa shape index (κ3) is 3.02. The Morgan fingerprint density at radius 3 is 2.87 bits per heavy atom. The van der Waals surface area contributed by atoms with Crippen molar-refractivity contribution in [2.45, 2.75) is 51.2 Å². The van der Waals surface area contributed by atoms with E-state index >= 15 is 0 Å². The van der Waals surface area contributed by atoms with Crippen LogP contribution in [0.3, 0.4) is 0 Å². The zero-order chi connectivity index (χ0) is 10.7. The molecule has 0 N–H and O–H groups in total. The van der Waals surface area contributed by atoms with Crippen LogP contribution in [0.15, 0.2) is 0 Å². The molecule has 3 unspecified atom stereocenters. The van der Waals surface area contributed by atoms with Crippen molar-refractivity contribution in [1.29, 1.82) is 0 Å². The number of rotatable bonds is 4. The summed E-state index contributed by atoms with van der Waals surface area (Å²) in [6.07, 6.45) is 5.38. The van der Waals surface area contributed by atoms with Crippen molar-refractivity contribution in [3.63, 3.8) is 0 Å². The van der Waals surface area contributed by atoms with Gasteiger partial charge in [-0.25, -0.2) is 0 Å². The van der Waals surface area contributed by atoms with Crippen molar-refractivity contribution < 1.29 is 14.3 Å². The summed E-state index contributed by atoms with van der Waals surface area (Å²) in [7, 11) is 0. The minimum Gasteiger partial charge on any atom is -0.378 e. The molecular weight excluding hydrogens is 192 g/mol. The molecule has 0 saturated carbocycles. The third-order valence-corrected chi connectivity index (χ3v) is 3.39. The molecule has 0 aromatic rings. The van der Waals surface area contributed by atoms with Gasteiger partial charge in [0.15, 0.2) is 0 Å². The minimum atomic E-state index is 0.154. The first-order valence-corrected chi connectivity index (χ1v) is 6.01. The topological polar surface area (TPSA) is 35.5 Å². The molecule has 2 aliphatic rings. The Bertz CT molecular complexity index is 221. The summed E-state index contributed by atoms with van der Waals surface area (Å²) >= 11 is 0. The van der Waals surface area contributed by atoms with Crippen LogP contribution >= 0.6 is 0 Å². The Hall–Kier alpha value is -0.410. The maximum atomic E-state index is 11.8. The molecule has 3 heteroatoms. The summed E-state index contributed by atoms with van der Waals surface area (Å²) in [6, 6.07) is 0. The van der Waals surface area contributed by atoms with E-state index < -0.39 is 0 Å². The molecule has 2 aliphatic heterocycles. The van der Waals surface area contributed by atoms with Crippen molar-refractivity contribution in [2.75, 3.05) is 13.2 Å². The van der Waals surface area contributed by atoms with Crippen LogP contribution in [-0.2, 0) is 14.3 Å². The number of carbonyl (C=O) groups is 1. The SMILES string of the molecule is CC1CC(C(=O)CCC2CCCO2)CO1. The highest BCUT2D eigenvalue weighted by Crippen LogP contribution is 2.23. The van der Waals surface area contributed by atoms with Crippen molar-refractivity contribution in [3.8, 4) is 0 Å². The molecule has 3 nitrogen and oxygen atoms in total. The quantitative estimate of drug-likeness (QED) is 0.714. The van der Waals surface area contributed by atoms with E-state index in [4.69, 9.17) is 9.47 Å². The molecule has 0 aromatic carbocycles. The van der Waals surface area contributed by atoms with Gasteiger partial charge in [-0.15, -0.1) is 0 Å². The molecule has 2 saturated heterocycles. The molecule has 0 aliphatic carbocycles. The Kier molecular flexibility index (Phi) is 3.76. The fourth-order valence-electron chi connectivity index (χ4n) is 2.42. The fraction of sp³-hybridized carbons (Fsp3) is 0.917. The van der Waals surface area contributed by atoms with Gasteiger partial charge in [-0.2, -0.15) is 0 Å². The average molecular weight is 212 g/mol. The largest absolute Gasteiger partial charge is 0.378 e. The summed E-state index contributed by atoms with van der Waals surface area (Å²) in [6.45, 7) is 3.54. The molecule has 3 atom stereocenters. The second kappa shape index (κ2) is 5.08. The van der Waals surface area contributed by atoms with E-state index in [0.29, 0.717) is 24.9 Å². The smallest absolute Gasteiger partial charge is 0.138 e. The van der Waals surface area contributed by atoms with Crippen LogP contribution in [0.25, 0.3) is 0 Å². The fourth-order valence-corrected chi connectivity index (χ4v) is 2.42. The standard InChI is InChI=1S/C12H20O3/c1-9-7-10(8-15-9)12(13)5-4-11-3-2-6-14-11/h9-11H,2-8H2,1H3. The van der Waals surface area contributed by atoms with E-state index in [1.807, 2.05) is 6.92 Å². The Morgan fingerprint density at radius 1 is 1.40 bits per heavy atom. The van der Waals surface area contributed by atoms with Gasteiger partial charge < -0.3 is 9.47 Å². The van der Waals surface area contributed by atoms with Crippen molar-refractivity contribution in [2.24, 2.45) is 5.92 Å². The van der Waals surface area contributed by atoms with E-state index in [-0.39, 0.29) is 12.0 Å². The number of hydrogen-bond donors (Lipinski definition) is 0. The van der Waals surface area contributed by atoms with Crippen LogP contribution in [0.4, 0.5) is 0 Å². The minimum absolute atomic E-state index is 0.154. The number of ether oxygens (including phenoxy) is 2. The van der Waals surface area contributed by atoms with E-state index in [1.165, 1.54) is 0 Å². The second-order valence-electron chi connectivity index (χ2n) is 4.72. The maximum absolute atomic E-state index is 11.8. The summed E-state index contributed by atoms with van der Waals surface area (Å²) in [5.74, 6) is 0.524. The lowest BCUT2D eigenvalue weighted by Gasteiger charge is -2.10. The zero-order valence-corrected chi connectivity index (χ0v) is 9.41. The highest BCUT2D eigenvalue weighted by atomic mass is 16.5. The van der Waals surface area contributed by atoms with Crippen LogP contribution < -0.4 is 0 Å². The van der Waals surface area contributed by atoms with Gasteiger partial charge in [0.05, 0.1) is 18.8 Å². The van der Waals surface area contributed by atoms with Gasteiger partial charge in [0.2, 0.25) is 0 Å². The van der Waals surface area contributed by atoms with Crippen LogP contribution in [0.5, 0.6) is 0 Å². The first-order chi connectivity index (χ1) is 7.25. The number of Topliss-reactive ketones (excluding diaryl/α,β-unsaturated/α-hetero) is 1. The number of carbonyl (C=O) groups excluding carboxylic acids is 1. The molecule has 2 heterocycles. The number of hydrogen-bond acceptors (Lipinski definition) is 3. The monoisotopic (exact) mass is 212 g/mol. The summed E-state index contributed by atoms with van der Waals surface area (Å²) in [4.78, 5) is 11.8. The predicted molar refractivity (Wildman–Crippen MR) is 56.7 cm³/mol. The molecule has 86 valence electrons. The number of ketones is 1. The van der Waals surface area contributed by atoms with Crippen LogP contribution in [0, 0.1) is 5.92 Å². The Morgan fingerprint density at radius 2 is 2.27 bits per heavy atom.